The Morgan fingerprint density at radius 1 is 0.810 bits per heavy atom. The van der Waals surface area contributed by atoms with Crippen LogP contribution in [0.4, 0.5) is 0 Å². The quantitative estimate of drug-likeness (QED) is 0.562. The molecule has 0 radical (unpaired) electrons. The van der Waals surface area contributed by atoms with Crippen LogP contribution < -0.4 is 0 Å². The monoisotopic (exact) mass is 306 g/mol. The van der Waals surface area contributed by atoms with Gasteiger partial charge in [0.05, 0.1) is 57.3 Å². The van der Waals surface area contributed by atoms with Crippen LogP contribution in [0.3, 0.4) is 0 Å². The predicted octanol–water partition coefficient (Wildman–Crippen LogP) is 2.10. The highest BCUT2D eigenvalue weighted by atomic mass is 16.6. The zero-order valence-electron chi connectivity index (χ0n) is 13.8. The molecular formula is C15H30O6. The minimum atomic E-state index is -0.859. The first-order valence-corrected chi connectivity index (χ1v) is 7.49. The minimum Gasteiger partial charge on any atom is -0.481 e. The van der Waals surface area contributed by atoms with Gasteiger partial charge in [0.1, 0.15) is 0 Å². The Kier molecular flexibility index (Phi) is 11.5. The summed E-state index contributed by atoms with van der Waals surface area (Å²) in [6, 6.07) is 0. The predicted molar refractivity (Wildman–Crippen MR) is 79.6 cm³/mol. The summed E-state index contributed by atoms with van der Waals surface area (Å²) in [6.07, 6.45) is 0.0675. The molecule has 0 aliphatic heterocycles. The van der Waals surface area contributed by atoms with E-state index in [9.17, 15) is 4.79 Å². The number of hydrogen-bond donors (Lipinski definition) is 1. The molecule has 0 aromatic carbocycles. The molecule has 3 unspecified atom stereocenters. The maximum atomic E-state index is 10.4. The van der Waals surface area contributed by atoms with E-state index in [1.807, 2.05) is 34.6 Å². The molecule has 0 spiro atoms. The number of carboxylic acid groups (broad SMARTS) is 1. The summed E-state index contributed by atoms with van der Waals surface area (Å²) in [4.78, 5) is 10.4. The van der Waals surface area contributed by atoms with Gasteiger partial charge in [-0.15, -0.1) is 0 Å². The van der Waals surface area contributed by atoms with Crippen molar-refractivity contribution in [3.8, 4) is 0 Å². The minimum absolute atomic E-state index is 0.0103. The van der Waals surface area contributed by atoms with Crippen LogP contribution in [0.25, 0.3) is 0 Å². The number of rotatable bonds is 13. The first-order chi connectivity index (χ1) is 9.81. The van der Waals surface area contributed by atoms with Gasteiger partial charge >= 0.3 is 5.97 Å². The zero-order chi connectivity index (χ0) is 16.3. The largest absolute Gasteiger partial charge is 0.481 e. The molecule has 0 aromatic rings. The molecule has 0 amide bonds. The lowest BCUT2D eigenvalue weighted by molar-refractivity contribution is -0.139. The SMILES string of the molecule is CC(C)OCC(C)OCC(C)OCC(C)OCCC(=O)O. The molecule has 6 heteroatoms. The van der Waals surface area contributed by atoms with Crippen LogP contribution in [0.2, 0.25) is 0 Å². The zero-order valence-corrected chi connectivity index (χ0v) is 13.8. The second kappa shape index (κ2) is 11.9. The maximum absolute atomic E-state index is 10.4. The fraction of sp³-hybridized carbons (Fsp3) is 0.933. The molecule has 3 atom stereocenters. The molecule has 6 nitrogen and oxygen atoms in total. The normalized spacial score (nSPS) is 15.9. The summed E-state index contributed by atoms with van der Waals surface area (Å²) in [5.74, 6) is -0.859. The van der Waals surface area contributed by atoms with Gasteiger partial charge in [-0.05, 0) is 34.6 Å². The summed E-state index contributed by atoms with van der Waals surface area (Å²) in [5, 5.41) is 8.51. The fourth-order valence-corrected chi connectivity index (χ4v) is 1.42. The van der Waals surface area contributed by atoms with E-state index in [4.69, 9.17) is 24.1 Å². The van der Waals surface area contributed by atoms with E-state index >= 15 is 0 Å². The van der Waals surface area contributed by atoms with E-state index < -0.39 is 5.97 Å². The highest BCUT2D eigenvalue weighted by molar-refractivity contribution is 5.66. The molecule has 0 saturated carbocycles. The van der Waals surface area contributed by atoms with Crippen LogP contribution in [-0.2, 0) is 23.7 Å². The van der Waals surface area contributed by atoms with Crippen molar-refractivity contribution in [3.63, 3.8) is 0 Å². The smallest absolute Gasteiger partial charge is 0.305 e. The summed E-state index contributed by atoms with van der Waals surface area (Å²) < 4.78 is 22.0. The third kappa shape index (κ3) is 14.0. The Hall–Kier alpha value is -0.690. The number of ether oxygens (including phenoxy) is 4. The van der Waals surface area contributed by atoms with Crippen molar-refractivity contribution >= 4 is 5.97 Å². The van der Waals surface area contributed by atoms with Gasteiger partial charge in [0.2, 0.25) is 0 Å². The Balaban J connectivity index is 3.60. The highest BCUT2D eigenvalue weighted by Crippen LogP contribution is 2.02. The van der Waals surface area contributed by atoms with Crippen LogP contribution in [0.1, 0.15) is 41.0 Å². The molecule has 21 heavy (non-hydrogen) atoms. The third-order valence-electron chi connectivity index (χ3n) is 2.61. The topological polar surface area (TPSA) is 74.2 Å². The lowest BCUT2D eigenvalue weighted by Gasteiger charge is -2.20. The van der Waals surface area contributed by atoms with Crippen LogP contribution in [0, 0.1) is 0 Å². The first-order valence-electron chi connectivity index (χ1n) is 7.49. The lowest BCUT2D eigenvalue weighted by atomic mass is 10.3. The van der Waals surface area contributed by atoms with Crippen molar-refractivity contribution in [3.05, 3.63) is 0 Å². The molecule has 0 heterocycles. The Labute approximate surface area is 127 Å². The van der Waals surface area contributed by atoms with Gasteiger partial charge in [0.15, 0.2) is 0 Å². The molecule has 0 aliphatic rings. The lowest BCUT2D eigenvalue weighted by Crippen LogP contribution is -2.27. The van der Waals surface area contributed by atoms with Gasteiger partial charge in [-0.2, -0.15) is 0 Å². The van der Waals surface area contributed by atoms with Gasteiger partial charge in [-0.1, -0.05) is 0 Å². The number of carbonyl (C=O) groups is 1. The summed E-state index contributed by atoms with van der Waals surface area (Å²) >= 11 is 0. The molecule has 1 N–H and O–H groups in total. The second-order valence-corrected chi connectivity index (χ2v) is 5.50. The van der Waals surface area contributed by atoms with Gasteiger partial charge in [0.25, 0.3) is 0 Å². The average Bonchev–Trinajstić information content (AvgIpc) is 2.40. The van der Waals surface area contributed by atoms with Gasteiger partial charge in [-0.25, -0.2) is 0 Å². The van der Waals surface area contributed by atoms with E-state index in [0.29, 0.717) is 19.8 Å². The third-order valence-corrected chi connectivity index (χ3v) is 2.61. The van der Waals surface area contributed by atoms with E-state index in [1.54, 1.807) is 0 Å². The standard InChI is InChI=1S/C15H30O6/c1-11(2)19-8-13(4)21-10-14(5)20-9-12(3)18-7-6-15(16)17/h11-14H,6-10H2,1-5H3,(H,16,17). The number of aliphatic carboxylic acids is 1. The van der Waals surface area contributed by atoms with Gasteiger partial charge in [0, 0.05) is 0 Å². The summed E-state index contributed by atoms with van der Waals surface area (Å²) in [5.41, 5.74) is 0. The van der Waals surface area contributed by atoms with Crippen molar-refractivity contribution in [1.29, 1.82) is 0 Å². The molecule has 0 aliphatic carbocycles. The van der Waals surface area contributed by atoms with Crippen molar-refractivity contribution < 1.29 is 28.8 Å². The Morgan fingerprint density at radius 2 is 1.24 bits per heavy atom. The van der Waals surface area contributed by atoms with Crippen LogP contribution in [0.15, 0.2) is 0 Å². The van der Waals surface area contributed by atoms with Crippen molar-refractivity contribution in [2.24, 2.45) is 0 Å². The van der Waals surface area contributed by atoms with Crippen molar-refractivity contribution in [2.75, 3.05) is 26.4 Å². The van der Waals surface area contributed by atoms with Gasteiger partial charge < -0.3 is 24.1 Å². The van der Waals surface area contributed by atoms with Crippen molar-refractivity contribution in [1.82, 2.24) is 0 Å². The highest BCUT2D eigenvalue weighted by Gasteiger charge is 2.10. The summed E-state index contributed by atoms with van der Waals surface area (Å²) in [7, 11) is 0. The Morgan fingerprint density at radius 3 is 1.67 bits per heavy atom. The van der Waals surface area contributed by atoms with Crippen LogP contribution in [0.5, 0.6) is 0 Å². The van der Waals surface area contributed by atoms with Crippen LogP contribution in [-0.4, -0.2) is 61.9 Å². The molecular weight excluding hydrogens is 276 g/mol. The second-order valence-electron chi connectivity index (χ2n) is 5.50. The molecule has 0 aromatic heterocycles. The number of carboxylic acids is 1. The van der Waals surface area contributed by atoms with E-state index in [-0.39, 0.29) is 37.4 Å². The molecule has 126 valence electrons. The average molecular weight is 306 g/mol. The maximum Gasteiger partial charge on any atom is 0.305 e. The molecule has 0 fully saturated rings. The molecule has 0 rings (SSSR count). The number of hydrogen-bond acceptors (Lipinski definition) is 5. The van der Waals surface area contributed by atoms with E-state index in [2.05, 4.69) is 0 Å². The first kappa shape index (κ1) is 20.3. The molecule has 0 saturated heterocycles. The van der Waals surface area contributed by atoms with E-state index in [1.165, 1.54) is 0 Å². The Bertz CT molecular complexity index is 269. The van der Waals surface area contributed by atoms with Crippen LogP contribution >= 0.6 is 0 Å². The fourth-order valence-electron chi connectivity index (χ4n) is 1.42. The molecule has 0 bridgehead atoms. The van der Waals surface area contributed by atoms with E-state index in [0.717, 1.165) is 0 Å². The summed E-state index contributed by atoms with van der Waals surface area (Å²) in [6.45, 7) is 11.4. The van der Waals surface area contributed by atoms with Gasteiger partial charge in [-0.3, -0.25) is 4.79 Å². The van der Waals surface area contributed by atoms with Crippen molar-refractivity contribution in [2.45, 2.75) is 65.5 Å².